The Morgan fingerprint density at radius 1 is 1.47 bits per heavy atom. The van der Waals surface area contributed by atoms with Gasteiger partial charge in [0, 0.05) is 0 Å². The molecule has 0 amide bonds. The molecular formula is C11H16ClN3O2. The van der Waals surface area contributed by atoms with Gasteiger partial charge in [0.05, 0.1) is 19.9 Å². The smallest absolute Gasteiger partial charge is 0.319 e. The largest absolute Gasteiger partial charge is 0.476 e. The van der Waals surface area contributed by atoms with Gasteiger partial charge in [0.1, 0.15) is 5.02 Å². The first-order valence-electron chi connectivity index (χ1n) is 5.69. The summed E-state index contributed by atoms with van der Waals surface area (Å²) in [5, 5.41) is 3.73. The molecule has 1 aromatic rings. The van der Waals surface area contributed by atoms with Crippen LogP contribution in [-0.2, 0) is 0 Å². The molecule has 0 aliphatic carbocycles. The molecule has 5 nitrogen and oxygen atoms in total. The van der Waals surface area contributed by atoms with Crippen LogP contribution >= 0.6 is 11.6 Å². The minimum atomic E-state index is 0.273. The molecule has 17 heavy (non-hydrogen) atoms. The highest BCUT2D eigenvalue weighted by molar-refractivity contribution is 6.31. The number of ether oxygens (including phenoxy) is 2. The van der Waals surface area contributed by atoms with Gasteiger partial charge in [-0.05, 0) is 31.8 Å². The molecule has 1 saturated heterocycles. The second kappa shape index (κ2) is 6.02. The molecule has 1 aliphatic rings. The van der Waals surface area contributed by atoms with Crippen LogP contribution in [0.3, 0.4) is 0 Å². The first kappa shape index (κ1) is 12.4. The van der Waals surface area contributed by atoms with Gasteiger partial charge in [-0.2, -0.15) is 4.98 Å². The quantitative estimate of drug-likeness (QED) is 0.886. The van der Waals surface area contributed by atoms with E-state index in [1.807, 2.05) is 0 Å². The van der Waals surface area contributed by atoms with Gasteiger partial charge in [0.25, 0.3) is 0 Å². The summed E-state index contributed by atoms with van der Waals surface area (Å²) < 4.78 is 10.6. The zero-order chi connectivity index (χ0) is 12.1. The number of piperidine rings is 1. The Balaban J connectivity index is 1.92. The third-order valence-corrected chi connectivity index (χ3v) is 3.05. The predicted molar refractivity (Wildman–Crippen MR) is 64.7 cm³/mol. The number of rotatable bonds is 4. The van der Waals surface area contributed by atoms with Crippen molar-refractivity contribution in [2.75, 3.05) is 26.8 Å². The highest BCUT2D eigenvalue weighted by atomic mass is 35.5. The number of hydrogen-bond donors (Lipinski definition) is 1. The Labute approximate surface area is 105 Å². The monoisotopic (exact) mass is 257 g/mol. The van der Waals surface area contributed by atoms with E-state index in [1.165, 1.54) is 13.3 Å². The molecule has 1 fully saturated rings. The molecule has 0 saturated carbocycles. The number of aromatic nitrogens is 2. The summed E-state index contributed by atoms with van der Waals surface area (Å²) in [5.41, 5.74) is 0. The Morgan fingerprint density at radius 2 is 2.24 bits per heavy atom. The number of methoxy groups -OCH3 is 1. The van der Waals surface area contributed by atoms with Gasteiger partial charge in [0.15, 0.2) is 0 Å². The van der Waals surface area contributed by atoms with Crippen LogP contribution in [0.25, 0.3) is 0 Å². The standard InChI is InChI=1S/C11H16ClN3O2/c1-16-11-14-6-9(12)10(15-11)17-7-8-2-4-13-5-3-8/h6,8,13H,2-5,7H2,1H3. The highest BCUT2D eigenvalue weighted by Crippen LogP contribution is 2.24. The lowest BCUT2D eigenvalue weighted by Crippen LogP contribution is -2.30. The van der Waals surface area contributed by atoms with Crippen molar-refractivity contribution in [1.82, 2.24) is 15.3 Å². The SMILES string of the molecule is COc1ncc(Cl)c(OCC2CCNCC2)n1. The zero-order valence-corrected chi connectivity index (χ0v) is 10.5. The molecule has 0 spiro atoms. The van der Waals surface area contributed by atoms with E-state index in [4.69, 9.17) is 21.1 Å². The third kappa shape index (κ3) is 3.44. The Bertz CT molecular complexity index is 370. The lowest BCUT2D eigenvalue weighted by Gasteiger charge is -2.22. The second-order valence-corrected chi connectivity index (χ2v) is 4.42. The summed E-state index contributed by atoms with van der Waals surface area (Å²) in [6.07, 6.45) is 3.74. The molecule has 0 bridgehead atoms. The van der Waals surface area contributed by atoms with Crippen LogP contribution in [0.4, 0.5) is 0 Å². The summed E-state index contributed by atoms with van der Waals surface area (Å²) in [6, 6.07) is 0.273. The summed E-state index contributed by atoms with van der Waals surface area (Å²) >= 11 is 5.95. The maximum atomic E-state index is 5.95. The van der Waals surface area contributed by atoms with Gasteiger partial charge in [-0.3, -0.25) is 0 Å². The lowest BCUT2D eigenvalue weighted by molar-refractivity contribution is 0.206. The average Bonchev–Trinajstić information content (AvgIpc) is 2.39. The van der Waals surface area contributed by atoms with Crippen LogP contribution < -0.4 is 14.8 Å². The van der Waals surface area contributed by atoms with Gasteiger partial charge in [-0.25, -0.2) is 4.98 Å². The van der Waals surface area contributed by atoms with E-state index in [-0.39, 0.29) is 6.01 Å². The van der Waals surface area contributed by atoms with E-state index in [2.05, 4.69) is 15.3 Å². The van der Waals surface area contributed by atoms with Crippen LogP contribution in [-0.4, -0.2) is 36.8 Å². The van der Waals surface area contributed by atoms with Crippen molar-refractivity contribution < 1.29 is 9.47 Å². The van der Waals surface area contributed by atoms with Crippen LogP contribution in [0, 0.1) is 5.92 Å². The molecule has 6 heteroatoms. The van der Waals surface area contributed by atoms with Crippen LogP contribution in [0.15, 0.2) is 6.20 Å². The van der Waals surface area contributed by atoms with Crippen molar-refractivity contribution in [3.05, 3.63) is 11.2 Å². The highest BCUT2D eigenvalue weighted by Gasteiger charge is 2.15. The topological polar surface area (TPSA) is 56.3 Å². The third-order valence-electron chi connectivity index (χ3n) is 2.79. The van der Waals surface area contributed by atoms with Crippen molar-refractivity contribution in [2.45, 2.75) is 12.8 Å². The number of halogens is 1. The predicted octanol–water partition coefficient (Wildman–Crippen LogP) is 1.52. The summed E-state index contributed by atoms with van der Waals surface area (Å²) in [5.74, 6) is 0.963. The fourth-order valence-electron chi connectivity index (χ4n) is 1.78. The van der Waals surface area contributed by atoms with E-state index in [9.17, 15) is 0 Å². The van der Waals surface area contributed by atoms with Gasteiger partial charge in [-0.1, -0.05) is 11.6 Å². The number of nitrogens with zero attached hydrogens (tertiary/aromatic N) is 2. The van der Waals surface area contributed by atoms with Crippen molar-refractivity contribution in [1.29, 1.82) is 0 Å². The second-order valence-electron chi connectivity index (χ2n) is 4.01. The van der Waals surface area contributed by atoms with Gasteiger partial charge >= 0.3 is 6.01 Å². The molecule has 1 aliphatic heterocycles. The minimum Gasteiger partial charge on any atom is -0.476 e. The van der Waals surface area contributed by atoms with Crippen molar-refractivity contribution in [3.8, 4) is 11.9 Å². The Morgan fingerprint density at radius 3 is 2.94 bits per heavy atom. The molecule has 0 aromatic carbocycles. The first-order valence-corrected chi connectivity index (χ1v) is 6.07. The van der Waals surface area contributed by atoms with E-state index >= 15 is 0 Å². The summed E-state index contributed by atoms with van der Waals surface area (Å²) in [6.45, 7) is 2.74. The van der Waals surface area contributed by atoms with Crippen molar-refractivity contribution in [3.63, 3.8) is 0 Å². The van der Waals surface area contributed by atoms with E-state index in [1.54, 1.807) is 0 Å². The van der Waals surface area contributed by atoms with Crippen molar-refractivity contribution in [2.24, 2.45) is 5.92 Å². The Kier molecular flexibility index (Phi) is 4.39. The van der Waals surface area contributed by atoms with E-state index < -0.39 is 0 Å². The van der Waals surface area contributed by atoms with Crippen LogP contribution in [0.2, 0.25) is 5.02 Å². The van der Waals surface area contributed by atoms with Gasteiger partial charge < -0.3 is 14.8 Å². The maximum absolute atomic E-state index is 5.95. The summed E-state index contributed by atoms with van der Waals surface area (Å²) in [7, 11) is 1.51. The fourth-order valence-corrected chi connectivity index (χ4v) is 1.93. The Hall–Kier alpha value is -1.07. The molecule has 1 aromatic heterocycles. The average molecular weight is 258 g/mol. The molecule has 2 heterocycles. The van der Waals surface area contributed by atoms with Gasteiger partial charge in [-0.15, -0.1) is 0 Å². The molecule has 1 N–H and O–H groups in total. The first-order chi connectivity index (χ1) is 8.29. The van der Waals surface area contributed by atoms with Gasteiger partial charge in [0.2, 0.25) is 5.88 Å². The van der Waals surface area contributed by atoms with E-state index in [0.717, 1.165) is 25.9 Å². The molecule has 0 unspecified atom stereocenters. The summed E-state index contributed by atoms with van der Waals surface area (Å²) in [4.78, 5) is 7.97. The fraction of sp³-hybridized carbons (Fsp3) is 0.636. The minimum absolute atomic E-state index is 0.273. The van der Waals surface area contributed by atoms with E-state index in [0.29, 0.717) is 23.4 Å². The molecule has 94 valence electrons. The molecule has 0 atom stereocenters. The molecule has 0 radical (unpaired) electrons. The number of hydrogen-bond acceptors (Lipinski definition) is 5. The lowest BCUT2D eigenvalue weighted by atomic mass is 9.99. The maximum Gasteiger partial charge on any atom is 0.319 e. The normalized spacial score (nSPS) is 16.8. The molecular weight excluding hydrogens is 242 g/mol. The number of nitrogens with one attached hydrogen (secondary N) is 1. The zero-order valence-electron chi connectivity index (χ0n) is 9.78. The van der Waals surface area contributed by atoms with Crippen LogP contribution in [0.5, 0.6) is 11.9 Å². The molecule has 2 rings (SSSR count). The van der Waals surface area contributed by atoms with Crippen molar-refractivity contribution >= 4 is 11.6 Å². The van der Waals surface area contributed by atoms with Crippen LogP contribution in [0.1, 0.15) is 12.8 Å².